The minimum Gasteiger partial charge on any atom is -0.497 e. The van der Waals surface area contributed by atoms with Gasteiger partial charge in [-0.2, -0.15) is 0 Å². The topological polar surface area (TPSA) is 176 Å². The van der Waals surface area contributed by atoms with Gasteiger partial charge in [0, 0.05) is 40.4 Å². The average molecular weight is 797 g/mol. The smallest absolute Gasteiger partial charge is 0.246 e. The van der Waals surface area contributed by atoms with Crippen LogP contribution in [0.25, 0.3) is 0 Å². The molecule has 58 heavy (non-hydrogen) atoms. The quantitative estimate of drug-likeness (QED) is 0.317. The van der Waals surface area contributed by atoms with E-state index in [1.165, 1.54) is 70.0 Å². The number of carbonyl (C=O) groups is 6. The summed E-state index contributed by atoms with van der Waals surface area (Å²) < 4.78 is 17.0. The number of carbonyl (C=O) groups excluding carboxylic acids is 6. The van der Waals surface area contributed by atoms with Gasteiger partial charge in [-0.05, 0) is 73.4 Å². The summed E-state index contributed by atoms with van der Waals surface area (Å²) in [7, 11) is 7.44. The van der Waals surface area contributed by atoms with Crippen molar-refractivity contribution in [2.75, 3.05) is 35.4 Å². The van der Waals surface area contributed by atoms with Gasteiger partial charge in [0.15, 0.2) is 11.5 Å². The molecule has 0 spiro atoms. The molecule has 3 aromatic rings. The number of rotatable bonds is 6. The van der Waals surface area contributed by atoms with Crippen molar-refractivity contribution in [3.63, 3.8) is 0 Å². The lowest BCUT2D eigenvalue weighted by Gasteiger charge is -2.37. The molecular formula is C43H52N6O9. The van der Waals surface area contributed by atoms with Gasteiger partial charge in [0.05, 0.1) is 14.2 Å². The molecule has 3 heterocycles. The Labute approximate surface area is 338 Å². The average Bonchev–Trinajstić information content (AvgIpc) is 3.22. The molecule has 0 unspecified atom stereocenters. The summed E-state index contributed by atoms with van der Waals surface area (Å²) in [6.45, 7) is 6.72. The Bertz CT molecular complexity index is 2020. The van der Waals surface area contributed by atoms with Crippen LogP contribution in [0.5, 0.6) is 23.0 Å². The largest absolute Gasteiger partial charge is 0.497 e. The minimum atomic E-state index is -1.18. The van der Waals surface area contributed by atoms with Crippen LogP contribution in [0.3, 0.4) is 0 Å². The lowest BCUT2D eigenvalue weighted by Crippen LogP contribution is -2.61. The molecule has 0 aromatic heterocycles. The van der Waals surface area contributed by atoms with E-state index >= 15 is 0 Å². The molecule has 6 atom stereocenters. The highest BCUT2D eigenvalue weighted by molar-refractivity contribution is 5.98. The Morgan fingerprint density at radius 2 is 1.31 bits per heavy atom. The number of ether oxygens (including phenoxy) is 3. The first-order chi connectivity index (χ1) is 27.6. The molecular weight excluding hydrogens is 745 g/mol. The zero-order chi connectivity index (χ0) is 42.3. The maximum Gasteiger partial charge on any atom is 0.246 e. The third-order valence-corrected chi connectivity index (χ3v) is 10.7. The van der Waals surface area contributed by atoms with Crippen molar-refractivity contribution in [3.05, 3.63) is 96.1 Å². The fourth-order valence-electron chi connectivity index (χ4n) is 7.06. The predicted octanol–water partition coefficient (Wildman–Crippen LogP) is 2.40. The van der Waals surface area contributed by atoms with Crippen molar-refractivity contribution in [1.29, 1.82) is 0 Å². The van der Waals surface area contributed by atoms with Crippen molar-refractivity contribution in [2.45, 2.75) is 75.8 Å². The first-order valence-corrected chi connectivity index (χ1v) is 19.0. The summed E-state index contributed by atoms with van der Waals surface area (Å²) in [4.78, 5) is 89.1. The van der Waals surface area contributed by atoms with Crippen LogP contribution in [0.4, 0.5) is 0 Å². The van der Waals surface area contributed by atoms with E-state index in [1.807, 2.05) is 0 Å². The number of methoxy groups -OCH3 is 2. The molecule has 0 saturated carbocycles. The maximum atomic E-state index is 14.7. The number of nitrogens with one attached hydrogen (secondary N) is 3. The van der Waals surface area contributed by atoms with Crippen molar-refractivity contribution in [1.82, 2.24) is 30.7 Å². The molecule has 0 aliphatic carbocycles. The van der Waals surface area contributed by atoms with Crippen molar-refractivity contribution in [3.8, 4) is 23.0 Å². The third-order valence-electron chi connectivity index (χ3n) is 10.7. The maximum absolute atomic E-state index is 14.7. The van der Waals surface area contributed by atoms with E-state index in [2.05, 4.69) is 22.5 Å². The normalized spacial score (nSPS) is 23.8. The molecule has 3 aromatic carbocycles. The lowest BCUT2D eigenvalue weighted by atomic mass is 9.98. The summed E-state index contributed by atoms with van der Waals surface area (Å²) in [5, 5.41) is 8.24. The van der Waals surface area contributed by atoms with E-state index in [1.54, 1.807) is 66.7 Å². The standard InChI is InChI=1S/C43H52N6O9/c1-9-10-32-42(54)47(4)33(21-27-11-16-30(56-7)17-12-27)40(52)45-26(3)41(53)49(6)35-22-28-13-18-31(19-14-28)58-37-24-29(15-20-36(37)57-8)23-34(48(5)43(35)55)39(51)44-25(2)38(50)46-32/h9,11-20,24-26,32-35H,1,10,21-23H2,2-8H3,(H,44,51)(H,45,52)(H,46,50)/t25-,26+,32+,33+,34+,35+/m1/s1. The molecule has 15 heteroatoms. The molecule has 15 nitrogen and oxygen atoms in total. The van der Waals surface area contributed by atoms with E-state index in [0.29, 0.717) is 39.7 Å². The van der Waals surface area contributed by atoms with Crippen LogP contribution >= 0.6 is 0 Å². The molecule has 3 N–H and O–H groups in total. The van der Waals surface area contributed by atoms with Crippen LogP contribution in [0.1, 0.15) is 37.0 Å². The molecule has 1 fully saturated rings. The van der Waals surface area contributed by atoms with Gasteiger partial charge in [-0.3, -0.25) is 28.8 Å². The summed E-state index contributed by atoms with van der Waals surface area (Å²) in [5.41, 5.74) is 2.00. The highest BCUT2D eigenvalue weighted by Crippen LogP contribution is 2.34. The Morgan fingerprint density at radius 1 is 0.690 bits per heavy atom. The van der Waals surface area contributed by atoms with Crippen LogP contribution < -0.4 is 30.2 Å². The molecule has 6 amide bonds. The summed E-state index contributed by atoms with van der Waals surface area (Å²) in [5.74, 6) is -1.73. The zero-order valence-electron chi connectivity index (χ0n) is 33.9. The van der Waals surface area contributed by atoms with Gasteiger partial charge in [0.1, 0.15) is 47.8 Å². The van der Waals surface area contributed by atoms with E-state index < -0.39 is 71.7 Å². The number of benzene rings is 3. The highest BCUT2D eigenvalue weighted by Gasteiger charge is 2.39. The van der Waals surface area contributed by atoms with Gasteiger partial charge in [-0.15, -0.1) is 6.58 Å². The predicted molar refractivity (Wildman–Crippen MR) is 215 cm³/mol. The molecule has 1 saturated heterocycles. The third kappa shape index (κ3) is 9.76. The second kappa shape index (κ2) is 18.7. The van der Waals surface area contributed by atoms with E-state index in [9.17, 15) is 28.8 Å². The van der Waals surface area contributed by atoms with Crippen LogP contribution in [0.15, 0.2) is 79.4 Å². The van der Waals surface area contributed by atoms with Gasteiger partial charge in [-0.1, -0.05) is 36.4 Å². The monoisotopic (exact) mass is 796 g/mol. The van der Waals surface area contributed by atoms with Crippen LogP contribution in [0, 0.1) is 0 Å². The van der Waals surface area contributed by atoms with Gasteiger partial charge in [-0.25, -0.2) is 0 Å². The fraction of sp³-hybridized carbons (Fsp3) is 0.395. The molecule has 3 aliphatic rings. The molecule has 6 rings (SSSR count). The van der Waals surface area contributed by atoms with Crippen LogP contribution in [-0.4, -0.2) is 122 Å². The van der Waals surface area contributed by atoms with Crippen molar-refractivity contribution < 1.29 is 43.0 Å². The molecule has 308 valence electrons. The second-order valence-electron chi connectivity index (χ2n) is 14.6. The number of hydrogen-bond donors (Lipinski definition) is 3. The first kappa shape index (κ1) is 42.8. The molecule has 0 radical (unpaired) electrons. The number of nitrogens with zero attached hydrogens (tertiary/aromatic N) is 3. The number of amides is 6. The molecule has 3 aliphatic heterocycles. The van der Waals surface area contributed by atoms with Crippen molar-refractivity contribution in [2.24, 2.45) is 0 Å². The second-order valence-corrected chi connectivity index (χ2v) is 14.6. The Balaban J connectivity index is 1.60. The summed E-state index contributed by atoms with van der Waals surface area (Å²) in [6, 6.07) is 12.3. The number of fused-ring (bicyclic) bond motifs is 2. The van der Waals surface area contributed by atoms with Crippen molar-refractivity contribution >= 4 is 35.4 Å². The van der Waals surface area contributed by atoms with Gasteiger partial charge >= 0.3 is 0 Å². The van der Waals surface area contributed by atoms with Crippen LogP contribution in [0.2, 0.25) is 0 Å². The van der Waals surface area contributed by atoms with E-state index in [-0.39, 0.29) is 25.7 Å². The van der Waals surface area contributed by atoms with E-state index in [4.69, 9.17) is 14.2 Å². The zero-order valence-corrected chi connectivity index (χ0v) is 33.9. The number of hydrogen-bond acceptors (Lipinski definition) is 9. The van der Waals surface area contributed by atoms with Gasteiger partial charge in [0.25, 0.3) is 0 Å². The minimum absolute atomic E-state index is 0.00482. The lowest BCUT2D eigenvalue weighted by molar-refractivity contribution is -0.149. The highest BCUT2D eigenvalue weighted by atomic mass is 16.5. The Hall–Kier alpha value is -6.38. The summed E-state index contributed by atoms with van der Waals surface area (Å²) in [6.07, 6.45) is 1.58. The first-order valence-electron chi connectivity index (χ1n) is 19.0. The fourth-order valence-corrected chi connectivity index (χ4v) is 7.06. The number of likely N-dealkylation sites (N-methyl/N-ethyl adjacent to an activating group) is 3. The Morgan fingerprint density at radius 3 is 1.95 bits per heavy atom. The SMILES string of the molecule is C=CC[C@@H]1NC(=O)[C@@H](C)NC(=O)[C@@H]2Cc3ccc(OC)c(c3)Oc3ccc(cc3)C[C@@H](C(=O)N2C)N(C)C(=O)[C@H](C)NC(=O)[C@H](Cc2ccc(OC)cc2)N(C)C1=O. The molecule has 6 bridgehead atoms. The van der Waals surface area contributed by atoms with Gasteiger partial charge < -0.3 is 44.9 Å². The van der Waals surface area contributed by atoms with Gasteiger partial charge in [0.2, 0.25) is 35.4 Å². The van der Waals surface area contributed by atoms with Crippen LogP contribution in [-0.2, 0) is 48.0 Å². The summed E-state index contributed by atoms with van der Waals surface area (Å²) >= 11 is 0. The Kier molecular flexibility index (Phi) is 13.8. The van der Waals surface area contributed by atoms with E-state index in [0.717, 1.165) is 0 Å².